The number of nitrogens with zero attached hydrogens (tertiary/aromatic N) is 2. The predicted molar refractivity (Wildman–Crippen MR) is 117 cm³/mol. The summed E-state index contributed by atoms with van der Waals surface area (Å²) in [6.45, 7) is 0.129. The van der Waals surface area contributed by atoms with Crippen molar-refractivity contribution < 1.29 is 4.79 Å². The summed E-state index contributed by atoms with van der Waals surface area (Å²) in [6, 6.07) is 18.7. The molecule has 28 heavy (non-hydrogen) atoms. The zero-order chi connectivity index (χ0) is 19.5. The number of rotatable bonds is 5. The fourth-order valence-electron chi connectivity index (χ4n) is 3.25. The summed E-state index contributed by atoms with van der Waals surface area (Å²) in [7, 11) is 0. The van der Waals surface area contributed by atoms with Gasteiger partial charge in [0.05, 0.1) is 22.1 Å². The molecule has 1 aliphatic heterocycles. The van der Waals surface area contributed by atoms with Crippen LogP contribution < -0.4 is 10.6 Å². The van der Waals surface area contributed by atoms with E-state index in [1.54, 1.807) is 6.20 Å². The molecular formula is C20H17ClN4OS2. The Morgan fingerprint density at radius 2 is 1.96 bits per heavy atom. The summed E-state index contributed by atoms with van der Waals surface area (Å²) in [4.78, 5) is 20.1. The molecule has 5 nitrogen and oxygen atoms in total. The number of para-hydroxylation sites is 1. The molecule has 0 aliphatic carbocycles. The maximum Gasteiger partial charge on any atom is 0.244 e. The SMILES string of the molecule is O=C(CN1C(=S)NC(c2ccccn2)C1c1ccc(Cl)s1)Nc1ccccc1. The third kappa shape index (κ3) is 4.01. The van der Waals surface area contributed by atoms with Crippen LogP contribution in [0.5, 0.6) is 0 Å². The second-order valence-corrected chi connectivity index (χ2v) is 8.44. The minimum Gasteiger partial charge on any atom is -0.352 e. The lowest BCUT2D eigenvalue weighted by atomic mass is 10.0. The monoisotopic (exact) mass is 428 g/mol. The van der Waals surface area contributed by atoms with E-state index < -0.39 is 0 Å². The molecule has 0 saturated carbocycles. The summed E-state index contributed by atoms with van der Waals surface area (Å²) in [6.07, 6.45) is 1.75. The maximum atomic E-state index is 12.7. The Morgan fingerprint density at radius 3 is 2.64 bits per heavy atom. The highest BCUT2D eigenvalue weighted by molar-refractivity contribution is 7.80. The van der Waals surface area contributed by atoms with E-state index in [1.165, 1.54) is 11.3 Å². The van der Waals surface area contributed by atoms with Gasteiger partial charge in [0, 0.05) is 16.8 Å². The van der Waals surface area contributed by atoms with Crippen molar-refractivity contribution in [2.45, 2.75) is 12.1 Å². The lowest BCUT2D eigenvalue weighted by Gasteiger charge is -2.26. The van der Waals surface area contributed by atoms with Gasteiger partial charge >= 0.3 is 0 Å². The summed E-state index contributed by atoms with van der Waals surface area (Å²) in [5.74, 6) is -0.135. The van der Waals surface area contributed by atoms with Crippen molar-refractivity contribution in [3.05, 3.63) is 81.8 Å². The zero-order valence-electron chi connectivity index (χ0n) is 14.7. The van der Waals surface area contributed by atoms with Crippen molar-refractivity contribution in [2.24, 2.45) is 0 Å². The molecule has 1 aliphatic rings. The number of hydrogen-bond acceptors (Lipinski definition) is 4. The van der Waals surface area contributed by atoms with Gasteiger partial charge in [-0.2, -0.15) is 0 Å². The highest BCUT2D eigenvalue weighted by atomic mass is 35.5. The molecule has 1 aromatic carbocycles. The van der Waals surface area contributed by atoms with Crippen molar-refractivity contribution in [1.82, 2.24) is 15.2 Å². The molecule has 3 aromatic rings. The number of carbonyl (C=O) groups is 1. The first-order valence-corrected chi connectivity index (χ1v) is 10.3. The average Bonchev–Trinajstić information content (AvgIpc) is 3.26. The number of thiophene rings is 1. The van der Waals surface area contributed by atoms with Gasteiger partial charge in [0.15, 0.2) is 5.11 Å². The standard InChI is InChI=1S/C20H17ClN4OS2/c21-16-10-9-15(28-16)19-18(14-8-4-5-11-22-14)24-20(27)25(19)12-17(26)23-13-6-2-1-3-7-13/h1-11,18-19H,12H2,(H,23,26)(H,24,27). The molecule has 1 amide bonds. The van der Waals surface area contributed by atoms with Gasteiger partial charge in [0.2, 0.25) is 5.91 Å². The van der Waals surface area contributed by atoms with Gasteiger partial charge in [0.1, 0.15) is 6.54 Å². The van der Waals surface area contributed by atoms with Crippen molar-refractivity contribution in [1.29, 1.82) is 0 Å². The van der Waals surface area contributed by atoms with E-state index in [-0.39, 0.29) is 24.5 Å². The topological polar surface area (TPSA) is 57.3 Å². The molecule has 2 N–H and O–H groups in total. The smallest absolute Gasteiger partial charge is 0.244 e. The van der Waals surface area contributed by atoms with Crippen LogP contribution in [0.25, 0.3) is 0 Å². The minimum atomic E-state index is -0.165. The van der Waals surface area contributed by atoms with Gasteiger partial charge in [-0.15, -0.1) is 11.3 Å². The molecule has 0 spiro atoms. The second kappa shape index (κ2) is 8.26. The third-order valence-corrected chi connectivity index (χ3v) is 6.11. The number of halogens is 1. The lowest BCUT2D eigenvalue weighted by molar-refractivity contribution is -0.116. The van der Waals surface area contributed by atoms with E-state index in [9.17, 15) is 4.79 Å². The van der Waals surface area contributed by atoms with E-state index in [4.69, 9.17) is 23.8 Å². The van der Waals surface area contributed by atoms with Gasteiger partial charge in [-0.3, -0.25) is 9.78 Å². The lowest BCUT2D eigenvalue weighted by Crippen LogP contribution is -2.36. The molecule has 2 unspecified atom stereocenters. The Balaban J connectivity index is 1.61. The van der Waals surface area contributed by atoms with Crippen LogP contribution in [0.3, 0.4) is 0 Å². The largest absolute Gasteiger partial charge is 0.352 e. The number of aromatic nitrogens is 1. The quantitative estimate of drug-likeness (QED) is 0.589. The molecule has 4 rings (SSSR count). The molecule has 0 radical (unpaired) electrons. The van der Waals surface area contributed by atoms with Gasteiger partial charge in [-0.1, -0.05) is 35.9 Å². The van der Waals surface area contributed by atoms with E-state index in [2.05, 4.69) is 15.6 Å². The maximum absolute atomic E-state index is 12.7. The average molecular weight is 429 g/mol. The van der Waals surface area contributed by atoms with Crippen LogP contribution in [-0.4, -0.2) is 27.4 Å². The number of anilines is 1. The van der Waals surface area contributed by atoms with Crippen LogP contribution in [-0.2, 0) is 4.79 Å². The molecule has 1 fully saturated rings. The number of hydrogen-bond donors (Lipinski definition) is 2. The van der Waals surface area contributed by atoms with Gasteiger partial charge in [0.25, 0.3) is 0 Å². The Bertz CT molecular complexity index is 980. The predicted octanol–water partition coefficient (Wildman–Crippen LogP) is 4.41. The molecule has 3 heterocycles. The Kier molecular flexibility index (Phi) is 5.57. The van der Waals surface area contributed by atoms with Crippen molar-refractivity contribution in [2.75, 3.05) is 11.9 Å². The number of nitrogens with one attached hydrogen (secondary N) is 2. The number of benzene rings is 1. The molecular weight excluding hydrogens is 412 g/mol. The number of carbonyl (C=O) groups excluding carboxylic acids is 1. The van der Waals surface area contributed by atoms with Crippen LogP contribution >= 0.6 is 35.2 Å². The third-order valence-electron chi connectivity index (χ3n) is 4.45. The summed E-state index contributed by atoms with van der Waals surface area (Å²) < 4.78 is 0.696. The minimum absolute atomic E-state index is 0.129. The highest BCUT2D eigenvalue weighted by Crippen LogP contribution is 2.41. The van der Waals surface area contributed by atoms with Crippen LogP contribution in [0, 0.1) is 0 Å². The van der Waals surface area contributed by atoms with E-state index in [1.807, 2.05) is 65.6 Å². The second-order valence-electron chi connectivity index (χ2n) is 6.31. The Morgan fingerprint density at radius 1 is 1.18 bits per heavy atom. The first-order chi connectivity index (χ1) is 13.6. The van der Waals surface area contributed by atoms with Crippen molar-refractivity contribution in [3.63, 3.8) is 0 Å². The Hall–Kier alpha value is -2.48. The summed E-state index contributed by atoms with van der Waals surface area (Å²) in [5.41, 5.74) is 1.62. The first kappa shape index (κ1) is 18.9. The van der Waals surface area contributed by atoms with Crippen molar-refractivity contribution >= 4 is 51.9 Å². The fourth-order valence-corrected chi connectivity index (χ4v) is 4.77. The zero-order valence-corrected chi connectivity index (χ0v) is 17.1. The van der Waals surface area contributed by atoms with Crippen molar-refractivity contribution in [3.8, 4) is 0 Å². The van der Waals surface area contributed by atoms with E-state index in [0.717, 1.165) is 16.3 Å². The van der Waals surface area contributed by atoms with E-state index >= 15 is 0 Å². The fraction of sp³-hybridized carbons (Fsp3) is 0.150. The molecule has 8 heteroatoms. The summed E-state index contributed by atoms with van der Waals surface area (Å²) >= 11 is 13.2. The number of amides is 1. The van der Waals surface area contributed by atoms with Gasteiger partial charge < -0.3 is 15.5 Å². The first-order valence-electron chi connectivity index (χ1n) is 8.70. The molecule has 1 saturated heterocycles. The molecule has 142 valence electrons. The van der Waals surface area contributed by atoms with Crippen LogP contribution in [0.4, 0.5) is 5.69 Å². The van der Waals surface area contributed by atoms with Gasteiger partial charge in [-0.25, -0.2) is 0 Å². The normalized spacial score (nSPS) is 18.8. The molecule has 2 atom stereocenters. The van der Waals surface area contributed by atoms with Crippen LogP contribution in [0.1, 0.15) is 22.7 Å². The van der Waals surface area contributed by atoms with Crippen LogP contribution in [0.2, 0.25) is 4.34 Å². The Labute approximate surface area is 177 Å². The van der Waals surface area contributed by atoms with Crippen LogP contribution in [0.15, 0.2) is 66.9 Å². The van der Waals surface area contributed by atoms with Gasteiger partial charge in [-0.05, 0) is 48.6 Å². The number of thiocarbonyl (C=S) groups is 1. The summed E-state index contributed by atoms with van der Waals surface area (Å²) in [5, 5.41) is 6.76. The molecule has 0 bridgehead atoms. The highest BCUT2D eigenvalue weighted by Gasteiger charge is 2.41. The van der Waals surface area contributed by atoms with E-state index in [0.29, 0.717) is 9.45 Å². The molecule has 2 aromatic heterocycles. The number of pyridine rings is 1.